The van der Waals surface area contributed by atoms with E-state index in [2.05, 4.69) is 48.9 Å². The second-order valence-corrected chi connectivity index (χ2v) is 9.89. The van der Waals surface area contributed by atoms with Crippen LogP contribution in [0, 0.1) is 5.92 Å². The summed E-state index contributed by atoms with van der Waals surface area (Å²) in [6, 6.07) is 10.9. The Labute approximate surface area is 196 Å². The fourth-order valence-electron chi connectivity index (χ4n) is 3.63. The summed E-state index contributed by atoms with van der Waals surface area (Å²) >= 11 is 0. The van der Waals surface area contributed by atoms with Gasteiger partial charge in [-0.3, -0.25) is 9.20 Å². The third-order valence-corrected chi connectivity index (χ3v) is 7.08. The van der Waals surface area contributed by atoms with Crippen LogP contribution in [0.15, 0.2) is 35.3 Å². The van der Waals surface area contributed by atoms with Gasteiger partial charge in [0.25, 0.3) is 0 Å². The maximum absolute atomic E-state index is 12.2. The molecule has 4 unspecified atom stereocenters. The molecule has 0 radical (unpaired) electrons. The molecule has 1 aliphatic carbocycles. The van der Waals surface area contributed by atoms with E-state index < -0.39 is 10.8 Å². The molecular weight excluding hydrogens is 495 g/mol. The fourth-order valence-corrected chi connectivity index (χ4v) is 4.97. The van der Waals surface area contributed by atoms with Crippen molar-refractivity contribution in [1.82, 2.24) is 10.6 Å². The van der Waals surface area contributed by atoms with Crippen LogP contribution in [0.5, 0.6) is 0 Å². The van der Waals surface area contributed by atoms with Crippen LogP contribution in [-0.2, 0) is 10.8 Å². The van der Waals surface area contributed by atoms with Crippen molar-refractivity contribution >= 4 is 46.4 Å². The molecule has 1 aromatic rings. The van der Waals surface area contributed by atoms with Gasteiger partial charge in [-0.2, -0.15) is 0 Å². The van der Waals surface area contributed by atoms with E-state index in [1.54, 1.807) is 0 Å². The number of hydrogen-bond acceptors (Lipinski definition) is 3. The molecule has 1 aromatic carbocycles. The van der Waals surface area contributed by atoms with E-state index in [1.807, 2.05) is 25.1 Å². The molecule has 5 nitrogen and oxygen atoms in total. The molecule has 1 saturated carbocycles. The number of rotatable bonds is 9. The van der Waals surface area contributed by atoms with Crippen molar-refractivity contribution in [2.75, 3.05) is 24.2 Å². The summed E-state index contributed by atoms with van der Waals surface area (Å²) in [5.74, 6) is 2.10. The minimum Gasteiger partial charge on any atom is -0.380 e. The van der Waals surface area contributed by atoms with Gasteiger partial charge in [0.2, 0.25) is 0 Å². The summed E-state index contributed by atoms with van der Waals surface area (Å²) in [5.41, 5.74) is 1.13. The van der Waals surface area contributed by atoms with Gasteiger partial charge in [0.15, 0.2) is 5.96 Å². The maximum atomic E-state index is 12.2. The fraction of sp³-hybridized carbons (Fsp3) is 0.682. The molecule has 29 heavy (non-hydrogen) atoms. The SMILES string of the molecule is CCNC(=NCC(Nc1ccccc1)C(C)C)NC1CCCC(S(=O)CC)C1.I. The van der Waals surface area contributed by atoms with Gasteiger partial charge in [-0.05, 0) is 44.2 Å². The van der Waals surface area contributed by atoms with E-state index in [0.29, 0.717) is 23.8 Å². The van der Waals surface area contributed by atoms with Gasteiger partial charge in [-0.25, -0.2) is 0 Å². The summed E-state index contributed by atoms with van der Waals surface area (Å²) in [6.07, 6.45) is 4.32. The minimum atomic E-state index is -0.703. The molecule has 4 atom stereocenters. The molecule has 7 heteroatoms. The highest BCUT2D eigenvalue weighted by Crippen LogP contribution is 2.23. The predicted molar refractivity (Wildman–Crippen MR) is 138 cm³/mol. The standard InChI is InChI=1S/C22H38N4OS.HI/c1-5-23-22(26-19-13-10-14-20(15-19)28(27)6-2)24-16-21(17(3)4)25-18-11-8-7-9-12-18;/h7-9,11-12,17,19-21,25H,5-6,10,13-16H2,1-4H3,(H2,23,24,26);1H. The van der Waals surface area contributed by atoms with Crippen LogP contribution in [0.25, 0.3) is 0 Å². The lowest BCUT2D eigenvalue weighted by molar-refractivity contribution is 0.413. The van der Waals surface area contributed by atoms with Crippen LogP contribution in [-0.4, -0.2) is 46.3 Å². The number of anilines is 1. The predicted octanol–water partition coefficient (Wildman–Crippen LogP) is 4.38. The van der Waals surface area contributed by atoms with Crippen molar-refractivity contribution in [2.45, 2.75) is 70.7 Å². The smallest absolute Gasteiger partial charge is 0.191 e. The van der Waals surface area contributed by atoms with E-state index in [4.69, 9.17) is 4.99 Å². The topological polar surface area (TPSA) is 65.5 Å². The molecule has 2 rings (SSSR count). The molecule has 0 spiro atoms. The Hall–Kier alpha value is -0.830. The van der Waals surface area contributed by atoms with E-state index >= 15 is 0 Å². The van der Waals surface area contributed by atoms with E-state index in [9.17, 15) is 4.21 Å². The monoisotopic (exact) mass is 534 g/mol. The number of nitrogens with zero attached hydrogens (tertiary/aromatic N) is 1. The van der Waals surface area contributed by atoms with Gasteiger partial charge < -0.3 is 16.0 Å². The maximum Gasteiger partial charge on any atom is 0.191 e. The molecule has 0 saturated heterocycles. The van der Waals surface area contributed by atoms with E-state index in [1.165, 1.54) is 0 Å². The summed E-state index contributed by atoms with van der Waals surface area (Å²) in [6.45, 7) is 10.1. The molecule has 0 bridgehead atoms. The quantitative estimate of drug-likeness (QED) is 0.250. The van der Waals surface area contributed by atoms with Gasteiger partial charge in [-0.1, -0.05) is 45.4 Å². The third-order valence-electron chi connectivity index (χ3n) is 5.34. The number of aliphatic imine (C=N–C) groups is 1. The van der Waals surface area contributed by atoms with E-state index in [-0.39, 0.29) is 30.0 Å². The van der Waals surface area contributed by atoms with Crippen molar-refractivity contribution in [2.24, 2.45) is 10.9 Å². The molecule has 0 aliphatic heterocycles. The van der Waals surface area contributed by atoms with Crippen molar-refractivity contribution in [1.29, 1.82) is 0 Å². The summed E-state index contributed by atoms with van der Waals surface area (Å²) in [5, 5.41) is 10.9. The number of nitrogens with one attached hydrogen (secondary N) is 3. The highest BCUT2D eigenvalue weighted by atomic mass is 127. The van der Waals surface area contributed by atoms with Gasteiger partial charge in [0, 0.05) is 46.1 Å². The molecule has 0 aromatic heterocycles. The van der Waals surface area contributed by atoms with Crippen LogP contribution in [0.3, 0.4) is 0 Å². The van der Waals surface area contributed by atoms with Gasteiger partial charge in [0.05, 0.1) is 6.54 Å². The second kappa shape index (κ2) is 14.2. The number of hydrogen-bond donors (Lipinski definition) is 3. The van der Waals surface area contributed by atoms with Crippen LogP contribution < -0.4 is 16.0 Å². The lowest BCUT2D eigenvalue weighted by Crippen LogP contribution is -2.47. The first-order valence-corrected chi connectivity index (χ1v) is 12.1. The highest BCUT2D eigenvalue weighted by Gasteiger charge is 2.26. The second-order valence-electron chi connectivity index (χ2n) is 7.88. The normalized spacial score (nSPS) is 21.8. The number of halogens is 1. The Morgan fingerprint density at radius 2 is 1.93 bits per heavy atom. The Bertz CT molecular complexity index is 626. The minimum absolute atomic E-state index is 0. The first-order chi connectivity index (χ1) is 13.5. The summed E-state index contributed by atoms with van der Waals surface area (Å²) in [4.78, 5) is 4.87. The highest BCUT2D eigenvalue weighted by molar-refractivity contribution is 14.0. The molecular formula is C22H39IN4OS. The van der Waals surface area contributed by atoms with Crippen molar-refractivity contribution in [3.05, 3.63) is 30.3 Å². The number of para-hydroxylation sites is 1. The van der Waals surface area contributed by atoms with Crippen molar-refractivity contribution in [3.8, 4) is 0 Å². The third kappa shape index (κ3) is 9.24. The Morgan fingerprint density at radius 3 is 2.55 bits per heavy atom. The molecule has 0 heterocycles. The molecule has 1 aliphatic rings. The van der Waals surface area contributed by atoms with Gasteiger partial charge in [-0.15, -0.1) is 24.0 Å². The Kier molecular flexibility index (Phi) is 12.9. The average Bonchev–Trinajstić information content (AvgIpc) is 2.71. The van der Waals surface area contributed by atoms with Crippen LogP contribution in [0.2, 0.25) is 0 Å². The average molecular weight is 535 g/mol. The van der Waals surface area contributed by atoms with Gasteiger partial charge >= 0.3 is 0 Å². The zero-order valence-corrected chi connectivity index (χ0v) is 21.5. The van der Waals surface area contributed by atoms with E-state index in [0.717, 1.165) is 49.6 Å². The lowest BCUT2D eigenvalue weighted by Gasteiger charge is -2.30. The zero-order chi connectivity index (χ0) is 20.4. The summed E-state index contributed by atoms with van der Waals surface area (Å²) < 4.78 is 12.2. The Balaban J connectivity index is 0.00000420. The first-order valence-electron chi connectivity index (χ1n) is 10.8. The number of guanidine groups is 1. The van der Waals surface area contributed by atoms with Crippen molar-refractivity contribution in [3.63, 3.8) is 0 Å². The molecule has 166 valence electrons. The molecule has 0 amide bonds. The largest absolute Gasteiger partial charge is 0.380 e. The van der Waals surface area contributed by atoms with Crippen LogP contribution in [0.1, 0.15) is 53.4 Å². The summed E-state index contributed by atoms with van der Waals surface area (Å²) in [7, 11) is -0.703. The van der Waals surface area contributed by atoms with Crippen molar-refractivity contribution < 1.29 is 4.21 Å². The molecule has 1 fully saturated rings. The van der Waals surface area contributed by atoms with Crippen LogP contribution in [0.4, 0.5) is 5.69 Å². The number of benzene rings is 1. The lowest BCUT2D eigenvalue weighted by atomic mass is 9.95. The first kappa shape index (κ1) is 26.2. The van der Waals surface area contributed by atoms with Crippen LogP contribution >= 0.6 is 24.0 Å². The Morgan fingerprint density at radius 1 is 1.21 bits per heavy atom. The molecule has 3 N–H and O–H groups in total. The van der Waals surface area contributed by atoms with Gasteiger partial charge in [0.1, 0.15) is 0 Å². The zero-order valence-electron chi connectivity index (χ0n) is 18.3.